The maximum Gasteiger partial charge on any atom is 0.243 e. The minimum atomic E-state index is -0.135. The molecule has 2 aromatic rings. The first-order valence-corrected chi connectivity index (χ1v) is 7.44. The topological polar surface area (TPSA) is 81.9 Å². The Morgan fingerprint density at radius 3 is 3.09 bits per heavy atom. The van der Waals surface area contributed by atoms with Crippen LogP contribution < -0.4 is 5.32 Å². The Bertz CT molecular complexity index is 649. The van der Waals surface area contributed by atoms with Gasteiger partial charge < -0.3 is 10.1 Å². The summed E-state index contributed by atoms with van der Waals surface area (Å²) in [4.78, 5) is 13.2. The standard InChI is InChI=1S/C15H19N5O2/c1-11-5-2-3-7-13(11)15-17-19-20(18-15)10-14(21)16-9-12-6-4-8-22-12/h2-3,5,7,12H,4,6,8-10H2,1H3,(H,16,21)/t12-/m1/s1. The van der Waals surface area contributed by atoms with Crippen LogP contribution in [0.2, 0.25) is 0 Å². The van der Waals surface area contributed by atoms with Crippen LogP contribution in [-0.2, 0) is 16.1 Å². The van der Waals surface area contributed by atoms with Crippen molar-refractivity contribution in [2.45, 2.75) is 32.4 Å². The number of aromatic nitrogens is 4. The lowest BCUT2D eigenvalue weighted by Gasteiger charge is -2.10. The molecule has 7 nitrogen and oxygen atoms in total. The number of nitrogens with one attached hydrogen (secondary N) is 1. The molecule has 7 heteroatoms. The van der Waals surface area contributed by atoms with Crippen LogP contribution in [0.3, 0.4) is 0 Å². The number of ether oxygens (including phenoxy) is 1. The summed E-state index contributed by atoms with van der Waals surface area (Å²) < 4.78 is 5.46. The molecule has 1 aromatic heterocycles. The van der Waals surface area contributed by atoms with E-state index < -0.39 is 0 Å². The molecule has 0 spiro atoms. The zero-order valence-corrected chi connectivity index (χ0v) is 12.5. The van der Waals surface area contributed by atoms with Crippen molar-refractivity contribution in [3.05, 3.63) is 29.8 Å². The van der Waals surface area contributed by atoms with E-state index in [-0.39, 0.29) is 18.6 Å². The molecule has 0 saturated carbocycles. The average molecular weight is 301 g/mol. The molecular formula is C15H19N5O2. The number of nitrogens with zero attached hydrogens (tertiary/aromatic N) is 4. The number of aryl methyl sites for hydroxylation is 1. The summed E-state index contributed by atoms with van der Waals surface area (Å²) in [5, 5.41) is 15.1. The van der Waals surface area contributed by atoms with Gasteiger partial charge in [0.2, 0.25) is 11.7 Å². The minimum Gasteiger partial charge on any atom is -0.376 e. The lowest BCUT2D eigenvalue weighted by atomic mass is 10.1. The van der Waals surface area contributed by atoms with Gasteiger partial charge in [0, 0.05) is 18.7 Å². The number of hydrogen-bond acceptors (Lipinski definition) is 5. The van der Waals surface area contributed by atoms with Crippen molar-refractivity contribution in [1.29, 1.82) is 0 Å². The predicted molar refractivity (Wildman–Crippen MR) is 80.0 cm³/mol. The second-order valence-corrected chi connectivity index (χ2v) is 5.40. The molecule has 1 amide bonds. The van der Waals surface area contributed by atoms with Gasteiger partial charge in [0.25, 0.3) is 0 Å². The van der Waals surface area contributed by atoms with Crippen molar-refractivity contribution in [1.82, 2.24) is 25.5 Å². The molecule has 2 heterocycles. The summed E-state index contributed by atoms with van der Waals surface area (Å²) >= 11 is 0. The molecule has 0 bridgehead atoms. The quantitative estimate of drug-likeness (QED) is 0.889. The smallest absolute Gasteiger partial charge is 0.243 e. The van der Waals surface area contributed by atoms with Gasteiger partial charge in [-0.2, -0.15) is 4.80 Å². The van der Waals surface area contributed by atoms with Crippen molar-refractivity contribution in [2.24, 2.45) is 0 Å². The van der Waals surface area contributed by atoms with Crippen LogP contribution in [0.5, 0.6) is 0 Å². The van der Waals surface area contributed by atoms with Crippen molar-refractivity contribution in [3.8, 4) is 11.4 Å². The van der Waals surface area contributed by atoms with Gasteiger partial charge in [0.1, 0.15) is 6.54 Å². The van der Waals surface area contributed by atoms with E-state index in [0.717, 1.165) is 30.6 Å². The summed E-state index contributed by atoms with van der Waals surface area (Å²) in [5.41, 5.74) is 2.00. The molecular weight excluding hydrogens is 282 g/mol. The van der Waals surface area contributed by atoms with Crippen LogP contribution in [0.4, 0.5) is 0 Å². The van der Waals surface area contributed by atoms with Gasteiger partial charge in [-0.15, -0.1) is 10.2 Å². The number of tetrazole rings is 1. The van der Waals surface area contributed by atoms with Crippen molar-refractivity contribution in [3.63, 3.8) is 0 Å². The number of carbonyl (C=O) groups is 1. The summed E-state index contributed by atoms with van der Waals surface area (Å²) in [7, 11) is 0. The Kier molecular flexibility index (Phi) is 4.43. The van der Waals surface area contributed by atoms with E-state index in [0.29, 0.717) is 12.4 Å². The molecule has 0 radical (unpaired) electrons. The second-order valence-electron chi connectivity index (χ2n) is 5.40. The molecule has 0 aliphatic carbocycles. The highest BCUT2D eigenvalue weighted by molar-refractivity contribution is 5.75. The van der Waals surface area contributed by atoms with Crippen LogP contribution in [-0.4, -0.2) is 45.4 Å². The predicted octanol–water partition coefficient (Wildman–Crippen LogP) is 0.944. The van der Waals surface area contributed by atoms with E-state index in [2.05, 4.69) is 20.7 Å². The van der Waals surface area contributed by atoms with Crippen LogP contribution in [0.1, 0.15) is 18.4 Å². The zero-order valence-electron chi connectivity index (χ0n) is 12.5. The Labute approximate surface area is 128 Å². The van der Waals surface area contributed by atoms with E-state index in [4.69, 9.17) is 4.74 Å². The summed E-state index contributed by atoms with van der Waals surface area (Å²) in [5.74, 6) is 0.397. The molecule has 3 rings (SSSR count). The number of hydrogen-bond donors (Lipinski definition) is 1. The molecule has 1 aliphatic heterocycles. The maximum atomic E-state index is 11.9. The summed E-state index contributed by atoms with van der Waals surface area (Å²) in [6.45, 7) is 3.37. The average Bonchev–Trinajstić information content (AvgIpc) is 3.17. The Morgan fingerprint density at radius 1 is 1.45 bits per heavy atom. The van der Waals surface area contributed by atoms with E-state index in [1.54, 1.807) is 0 Å². The van der Waals surface area contributed by atoms with Crippen LogP contribution in [0, 0.1) is 6.92 Å². The fraction of sp³-hybridized carbons (Fsp3) is 0.467. The third kappa shape index (κ3) is 3.48. The lowest BCUT2D eigenvalue weighted by Crippen LogP contribution is -2.34. The first-order valence-electron chi connectivity index (χ1n) is 7.44. The molecule has 22 heavy (non-hydrogen) atoms. The van der Waals surface area contributed by atoms with E-state index >= 15 is 0 Å². The van der Waals surface area contributed by atoms with Gasteiger partial charge in [-0.05, 0) is 30.5 Å². The third-order valence-electron chi connectivity index (χ3n) is 3.67. The first kappa shape index (κ1) is 14.6. The lowest BCUT2D eigenvalue weighted by molar-refractivity contribution is -0.122. The molecule has 116 valence electrons. The third-order valence-corrected chi connectivity index (χ3v) is 3.67. The highest BCUT2D eigenvalue weighted by Gasteiger charge is 2.17. The van der Waals surface area contributed by atoms with Gasteiger partial charge in [0.15, 0.2) is 0 Å². The zero-order chi connectivity index (χ0) is 15.4. The molecule has 0 unspecified atom stereocenters. The van der Waals surface area contributed by atoms with Crippen LogP contribution >= 0.6 is 0 Å². The van der Waals surface area contributed by atoms with E-state index in [9.17, 15) is 4.79 Å². The number of carbonyl (C=O) groups excluding carboxylic acids is 1. The minimum absolute atomic E-state index is 0.0611. The van der Waals surface area contributed by atoms with E-state index in [1.807, 2.05) is 31.2 Å². The second kappa shape index (κ2) is 6.65. The first-order chi connectivity index (χ1) is 10.7. The van der Waals surface area contributed by atoms with Gasteiger partial charge in [0.05, 0.1) is 6.10 Å². The molecule has 1 saturated heterocycles. The fourth-order valence-electron chi connectivity index (χ4n) is 2.46. The van der Waals surface area contributed by atoms with Gasteiger partial charge in [-0.25, -0.2) is 0 Å². The summed E-state index contributed by atoms with van der Waals surface area (Å²) in [6, 6.07) is 7.82. The number of benzene rings is 1. The number of rotatable bonds is 5. The largest absolute Gasteiger partial charge is 0.376 e. The summed E-state index contributed by atoms with van der Waals surface area (Å²) in [6.07, 6.45) is 2.19. The van der Waals surface area contributed by atoms with Gasteiger partial charge in [-0.3, -0.25) is 4.79 Å². The highest BCUT2D eigenvalue weighted by atomic mass is 16.5. The molecule has 1 N–H and O–H groups in total. The van der Waals surface area contributed by atoms with Gasteiger partial charge >= 0.3 is 0 Å². The Morgan fingerprint density at radius 2 is 2.32 bits per heavy atom. The van der Waals surface area contributed by atoms with Crippen molar-refractivity contribution < 1.29 is 9.53 Å². The van der Waals surface area contributed by atoms with Gasteiger partial charge in [-0.1, -0.05) is 24.3 Å². The molecule has 1 aliphatic rings. The number of amides is 1. The van der Waals surface area contributed by atoms with E-state index in [1.165, 1.54) is 4.80 Å². The monoisotopic (exact) mass is 301 g/mol. The highest BCUT2D eigenvalue weighted by Crippen LogP contribution is 2.17. The molecule has 1 fully saturated rings. The fourth-order valence-corrected chi connectivity index (χ4v) is 2.46. The molecule has 1 atom stereocenters. The Hall–Kier alpha value is -2.28. The Balaban J connectivity index is 1.57. The van der Waals surface area contributed by atoms with Crippen molar-refractivity contribution in [2.75, 3.05) is 13.2 Å². The normalized spacial score (nSPS) is 17.6. The molecule has 1 aromatic carbocycles. The maximum absolute atomic E-state index is 11.9. The van der Waals surface area contributed by atoms with Crippen LogP contribution in [0.25, 0.3) is 11.4 Å². The van der Waals surface area contributed by atoms with Crippen LogP contribution in [0.15, 0.2) is 24.3 Å². The SMILES string of the molecule is Cc1ccccc1-c1nnn(CC(=O)NC[C@H]2CCCO2)n1. The van der Waals surface area contributed by atoms with Crippen molar-refractivity contribution >= 4 is 5.91 Å².